The van der Waals surface area contributed by atoms with Crippen LogP contribution in [0.3, 0.4) is 0 Å². The zero-order valence-corrected chi connectivity index (χ0v) is 26.3. The van der Waals surface area contributed by atoms with Crippen LogP contribution in [0.1, 0.15) is 33.3 Å². The van der Waals surface area contributed by atoms with Crippen molar-refractivity contribution in [2.75, 3.05) is 17.2 Å². The first-order valence-corrected chi connectivity index (χ1v) is 15.3. The van der Waals surface area contributed by atoms with E-state index >= 15 is 0 Å². The van der Waals surface area contributed by atoms with Crippen molar-refractivity contribution in [1.82, 2.24) is 10.2 Å². The number of carbonyl (C=O) groups is 4. The molecule has 3 aromatic rings. The van der Waals surface area contributed by atoms with Crippen LogP contribution < -0.4 is 10.2 Å². The summed E-state index contributed by atoms with van der Waals surface area (Å²) in [6.45, 7) is 6.24. The number of hydrogen-bond acceptors (Lipinski definition) is 10. The van der Waals surface area contributed by atoms with Gasteiger partial charge in [0, 0.05) is 23.6 Å². The van der Waals surface area contributed by atoms with Gasteiger partial charge in [0.15, 0.2) is 0 Å². The molecule has 14 heteroatoms. The first kappa shape index (κ1) is 32.3. The molecule has 2 aliphatic heterocycles. The lowest BCUT2D eigenvalue weighted by molar-refractivity contribution is -0.384. The van der Waals surface area contributed by atoms with Crippen LogP contribution in [0.15, 0.2) is 71.9 Å². The highest BCUT2D eigenvalue weighted by molar-refractivity contribution is 8.00. The smallest absolute Gasteiger partial charge is 0.415 e. The van der Waals surface area contributed by atoms with Crippen molar-refractivity contribution in [2.45, 2.75) is 51.3 Å². The highest BCUT2D eigenvalue weighted by atomic mass is 32.2. The number of benzene rings is 3. The number of fused-ring (bicyclic) bond motifs is 2. The Balaban J connectivity index is 1.27. The molecule has 46 heavy (non-hydrogen) atoms. The molecule has 2 heterocycles. The first-order chi connectivity index (χ1) is 21.7. The molecular formula is C32H32N4O9S. The van der Waals surface area contributed by atoms with Gasteiger partial charge in [0.25, 0.3) is 11.6 Å². The van der Waals surface area contributed by atoms with Gasteiger partial charge in [-0.3, -0.25) is 29.5 Å². The normalized spacial score (nSPS) is 17.6. The lowest BCUT2D eigenvalue weighted by Gasteiger charge is -2.49. The number of β-lactam (4-membered cyclic amide) rings is 1. The second kappa shape index (κ2) is 12.7. The van der Waals surface area contributed by atoms with Crippen molar-refractivity contribution in [3.63, 3.8) is 0 Å². The quantitative estimate of drug-likeness (QED) is 0.152. The molecule has 1 saturated heterocycles. The molecule has 0 aromatic heterocycles. The Bertz CT molecular complexity index is 1770. The molecule has 0 bridgehead atoms. The van der Waals surface area contributed by atoms with Crippen molar-refractivity contribution in [3.05, 3.63) is 87.6 Å². The van der Waals surface area contributed by atoms with Gasteiger partial charge in [-0.1, -0.05) is 12.1 Å². The summed E-state index contributed by atoms with van der Waals surface area (Å²) in [4.78, 5) is 65.7. The number of non-ortho nitro benzene ring substituents is 1. The SMILES string of the molecule is CC1=C(C(=O)OCc2ccc([N+](=O)[O-])cc2)N2C(=O)C(NC(=O)CN(C(=O)OC(C)(C)C)c3ccc4cc(O)ccc4c3)[C@@H]2SC1. The molecule has 13 nitrogen and oxygen atoms in total. The molecule has 1 unspecified atom stereocenters. The van der Waals surface area contributed by atoms with Gasteiger partial charge in [-0.2, -0.15) is 0 Å². The number of nitrogens with zero attached hydrogens (tertiary/aromatic N) is 3. The summed E-state index contributed by atoms with van der Waals surface area (Å²) in [7, 11) is 0. The van der Waals surface area contributed by atoms with E-state index in [0.29, 0.717) is 22.6 Å². The van der Waals surface area contributed by atoms with Gasteiger partial charge >= 0.3 is 12.1 Å². The number of rotatable bonds is 8. The van der Waals surface area contributed by atoms with E-state index in [1.54, 1.807) is 58.0 Å². The number of amides is 3. The maximum absolute atomic E-state index is 13.3. The minimum atomic E-state index is -0.942. The molecule has 2 aliphatic rings. The summed E-state index contributed by atoms with van der Waals surface area (Å²) >= 11 is 1.38. The number of thioether (sulfide) groups is 1. The average molecular weight is 649 g/mol. The van der Waals surface area contributed by atoms with Crippen LogP contribution in [0.5, 0.6) is 5.75 Å². The zero-order chi connectivity index (χ0) is 33.3. The fourth-order valence-electron chi connectivity index (χ4n) is 5.02. The third-order valence-corrected chi connectivity index (χ3v) is 8.64. The van der Waals surface area contributed by atoms with Crippen LogP contribution >= 0.6 is 11.8 Å². The minimum absolute atomic E-state index is 0.0901. The Hall–Kier alpha value is -5.11. The number of hydrogen-bond donors (Lipinski definition) is 2. The number of ether oxygens (including phenoxy) is 2. The van der Waals surface area contributed by atoms with Gasteiger partial charge in [0.2, 0.25) is 5.91 Å². The second-order valence-electron chi connectivity index (χ2n) is 11.9. The summed E-state index contributed by atoms with van der Waals surface area (Å²) in [6.07, 6.45) is -0.758. The monoisotopic (exact) mass is 648 g/mol. The maximum atomic E-state index is 13.3. The predicted octanol–water partition coefficient (Wildman–Crippen LogP) is 4.61. The Morgan fingerprint density at radius 3 is 2.43 bits per heavy atom. The third-order valence-electron chi connectivity index (χ3n) is 7.22. The van der Waals surface area contributed by atoms with E-state index in [2.05, 4.69) is 5.32 Å². The summed E-state index contributed by atoms with van der Waals surface area (Å²) < 4.78 is 11.0. The van der Waals surface area contributed by atoms with E-state index in [9.17, 15) is 34.4 Å². The van der Waals surface area contributed by atoms with Gasteiger partial charge in [-0.05, 0) is 86.0 Å². The second-order valence-corrected chi connectivity index (χ2v) is 13.0. The van der Waals surface area contributed by atoms with E-state index in [-0.39, 0.29) is 23.7 Å². The number of esters is 1. The Morgan fingerprint density at radius 2 is 1.76 bits per heavy atom. The number of anilines is 1. The van der Waals surface area contributed by atoms with Crippen molar-refractivity contribution in [1.29, 1.82) is 0 Å². The number of nitro groups is 1. The van der Waals surface area contributed by atoms with Crippen molar-refractivity contribution in [2.24, 2.45) is 0 Å². The van der Waals surface area contributed by atoms with Crippen LogP contribution in [0.2, 0.25) is 0 Å². The first-order valence-electron chi connectivity index (χ1n) is 14.3. The number of phenolic OH excluding ortho intramolecular Hbond substituents is 1. The van der Waals surface area contributed by atoms with Crippen LogP contribution in [-0.2, 0) is 30.5 Å². The predicted molar refractivity (Wildman–Crippen MR) is 170 cm³/mol. The lowest BCUT2D eigenvalue weighted by atomic mass is 10.0. The van der Waals surface area contributed by atoms with E-state index in [0.717, 1.165) is 10.8 Å². The topological polar surface area (TPSA) is 169 Å². The standard InChI is InChI=1S/C32H32N4O9S/c1-18-17-46-29-26(28(39)35(29)27(18)30(40)44-16-19-5-9-22(10-6-19)36(42)43)33-25(38)15-34(31(41)45-32(2,3)4)23-11-7-21-14-24(37)12-8-20(21)13-23/h5-14,26,29,37H,15-17H2,1-4H3,(H,33,38)/t26?,29-/m0/s1. The fraction of sp³-hybridized carbons (Fsp3) is 0.312. The van der Waals surface area contributed by atoms with Crippen LogP contribution in [0, 0.1) is 10.1 Å². The molecule has 0 aliphatic carbocycles. The fourth-order valence-corrected chi connectivity index (χ4v) is 6.32. The zero-order valence-electron chi connectivity index (χ0n) is 25.5. The molecule has 3 aromatic carbocycles. The van der Waals surface area contributed by atoms with E-state index < -0.39 is 52.4 Å². The number of nitro benzene ring substituents is 1. The molecule has 0 saturated carbocycles. The Morgan fingerprint density at radius 1 is 1.09 bits per heavy atom. The van der Waals surface area contributed by atoms with Crippen LogP contribution in [0.25, 0.3) is 10.8 Å². The third kappa shape index (κ3) is 6.91. The molecule has 2 atom stereocenters. The van der Waals surface area contributed by atoms with E-state index in [1.165, 1.54) is 51.9 Å². The summed E-state index contributed by atoms with van der Waals surface area (Å²) in [6, 6.07) is 14.5. The minimum Gasteiger partial charge on any atom is -0.508 e. The Labute approximate surface area is 268 Å². The number of nitrogens with one attached hydrogen (secondary N) is 1. The van der Waals surface area contributed by atoms with Gasteiger partial charge in [-0.25, -0.2) is 9.59 Å². The number of carbonyl (C=O) groups excluding carboxylic acids is 4. The van der Waals surface area contributed by atoms with Gasteiger partial charge < -0.3 is 19.9 Å². The largest absolute Gasteiger partial charge is 0.508 e. The highest BCUT2D eigenvalue weighted by Gasteiger charge is 2.54. The van der Waals surface area contributed by atoms with Crippen molar-refractivity contribution in [3.8, 4) is 5.75 Å². The molecule has 3 amide bonds. The van der Waals surface area contributed by atoms with Crippen molar-refractivity contribution >= 4 is 57.8 Å². The van der Waals surface area contributed by atoms with Gasteiger partial charge in [0.05, 0.1) is 4.92 Å². The van der Waals surface area contributed by atoms with Crippen LogP contribution in [-0.4, -0.2) is 68.1 Å². The van der Waals surface area contributed by atoms with Gasteiger partial charge in [0.1, 0.15) is 41.6 Å². The molecule has 1 fully saturated rings. The summed E-state index contributed by atoms with van der Waals surface area (Å²) in [5.74, 6) is -1.32. The van der Waals surface area contributed by atoms with Crippen molar-refractivity contribution < 1.29 is 38.7 Å². The molecular weight excluding hydrogens is 616 g/mol. The molecule has 5 rings (SSSR count). The molecule has 0 spiro atoms. The highest BCUT2D eigenvalue weighted by Crippen LogP contribution is 2.40. The maximum Gasteiger partial charge on any atom is 0.415 e. The molecule has 240 valence electrons. The van der Waals surface area contributed by atoms with E-state index in [4.69, 9.17) is 9.47 Å². The van der Waals surface area contributed by atoms with E-state index in [1.807, 2.05) is 0 Å². The lowest BCUT2D eigenvalue weighted by Crippen LogP contribution is -2.71. The van der Waals surface area contributed by atoms with Gasteiger partial charge in [-0.15, -0.1) is 11.8 Å². The molecule has 2 N–H and O–H groups in total. The average Bonchev–Trinajstić information content (AvgIpc) is 3.00. The summed E-state index contributed by atoms with van der Waals surface area (Å²) in [5, 5.41) is 24.3. The summed E-state index contributed by atoms with van der Waals surface area (Å²) in [5.41, 5.74) is 0.719. The number of phenols is 1. The Kier molecular flexibility index (Phi) is 8.92. The molecule has 0 radical (unpaired) electrons. The van der Waals surface area contributed by atoms with Crippen LogP contribution in [0.4, 0.5) is 16.2 Å². The number of aromatic hydroxyl groups is 1.